The van der Waals surface area contributed by atoms with Crippen LogP contribution < -0.4 is 0 Å². The Labute approximate surface area is 75.9 Å². The molecule has 1 aromatic carbocycles. The maximum atomic E-state index is 6.79. The lowest BCUT2D eigenvalue weighted by Gasteiger charge is -1.95. The van der Waals surface area contributed by atoms with Gasteiger partial charge < -0.3 is 4.98 Å². The Kier molecular flexibility index (Phi) is 1.81. The van der Waals surface area contributed by atoms with Crippen LogP contribution in [0.3, 0.4) is 0 Å². The predicted octanol–water partition coefficient (Wildman–Crippen LogP) is 2.63. The number of hydrogen-bond acceptors (Lipinski definition) is 1. The topological polar surface area (TPSA) is 33.0 Å². The lowest BCUT2D eigenvalue weighted by molar-refractivity contribution is 1.31. The second kappa shape index (κ2) is 3.11. The summed E-state index contributed by atoms with van der Waals surface area (Å²) in [4.78, 5) is 10.4. The fourth-order valence-electron chi connectivity index (χ4n) is 1.12. The fourth-order valence-corrected chi connectivity index (χ4v) is 1.12. The summed E-state index contributed by atoms with van der Waals surface area (Å²) in [6, 6.07) is 7.33. The van der Waals surface area contributed by atoms with Gasteiger partial charge in [0, 0.05) is 18.0 Å². The van der Waals surface area contributed by atoms with E-state index in [9.17, 15) is 0 Å². The van der Waals surface area contributed by atoms with Gasteiger partial charge in [0.1, 0.15) is 5.82 Å². The summed E-state index contributed by atoms with van der Waals surface area (Å²) < 4.78 is 0. The van der Waals surface area contributed by atoms with Gasteiger partial charge in [0.05, 0.1) is 6.57 Å². The molecule has 0 spiro atoms. The van der Waals surface area contributed by atoms with Gasteiger partial charge in [0.15, 0.2) is 5.69 Å². The van der Waals surface area contributed by atoms with E-state index in [-0.39, 0.29) is 0 Å². The standard InChI is InChI=1S/C10H7N3/c1-11-9-4-2-8(3-5-9)10-12-6-7-13-10/h2-7H,(H,12,13). The summed E-state index contributed by atoms with van der Waals surface area (Å²) in [5.41, 5.74) is 1.65. The minimum atomic E-state index is 0.648. The summed E-state index contributed by atoms with van der Waals surface area (Å²) in [5, 5.41) is 0. The molecule has 2 rings (SSSR count). The highest BCUT2D eigenvalue weighted by atomic mass is 14.9. The van der Waals surface area contributed by atoms with Gasteiger partial charge in [-0.3, -0.25) is 0 Å². The number of aromatic amines is 1. The number of hydrogen-bond donors (Lipinski definition) is 1. The third-order valence-corrected chi connectivity index (χ3v) is 1.77. The molecule has 0 aliphatic carbocycles. The molecule has 1 N–H and O–H groups in total. The maximum absolute atomic E-state index is 6.79. The number of H-pyrrole nitrogens is 1. The Morgan fingerprint density at radius 3 is 2.54 bits per heavy atom. The summed E-state index contributed by atoms with van der Waals surface area (Å²) in [6.07, 6.45) is 3.48. The van der Waals surface area contributed by atoms with Crippen molar-refractivity contribution in [3.63, 3.8) is 0 Å². The molecule has 13 heavy (non-hydrogen) atoms. The number of nitrogens with one attached hydrogen (secondary N) is 1. The Bertz CT molecular complexity index is 420. The van der Waals surface area contributed by atoms with Crippen molar-refractivity contribution in [1.29, 1.82) is 0 Å². The molecule has 0 bridgehead atoms. The summed E-state index contributed by atoms with van der Waals surface area (Å²) >= 11 is 0. The van der Waals surface area contributed by atoms with Crippen molar-refractivity contribution in [2.45, 2.75) is 0 Å². The van der Waals surface area contributed by atoms with E-state index in [2.05, 4.69) is 14.8 Å². The number of aromatic nitrogens is 2. The highest BCUT2D eigenvalue weighted by molar-refractivity contribution is 5.59. The number of imidazole rings is 1. The average Bonchev–Trinajstić information content (AvgIpc) is 2.71. The van der Waals surface area contributed by atoms with Gasteiger partial charge in [-0.25, -0.2) is 9.83 Å². The van der Waals surface area contributed by atoms with E-state index in [1.807, 2.05) is 12.1 Å². The molecule has 0 radical (unpaired) electrons. The molecular formula is C10H7N3. The molecule has 0 unspecified atom stereocenters. The molecule has 0 aliphatic heterocycles. The van der Waals surface area contributed by atoms with E-state index in [0.29, 0.717) is 5.69 Å². The van der Waals surface area contributed by atoms with Gasteiger partial charge >= 0.3 is 0 Å². The third-order valence-electron chi connectivity index (χ3n) is 1.77. The molecule has 0 saturated heterocycles. The number of benzene rings is 1. The van der Waals surface area contributed by atoms with Gasteiger partial charge in [-0.05, 0) is 0 Å². The van der Waals surface area contributed by atoms with Gasteiger partial charge in [0.2, 0.25) is 0 Å². The Balaban J connectivity index is 2.40. The molecule has 0 saturated carbocycles. The monoisotopic (exact) mass is 169 g/mol. The first-order valence-electron chi connectivity index (χ1n) is 3.87. The average molecular weight is 169 g/mol. The number of nitrogens with zero attached hydrogens (tertiary/aromatic N) is 2. The van der Waals surface area contributed by atoms with Crippen molar-refractivity contribution >= 4 is 5.69 Å². The van der Waals surface area contributed by atoms with Gasteiger partial charge in [-0.1, -0.05) is 24.3 Å². The highest BCUT2D eigenvalue weighted by Crippen LogP contribution is 2.18. The van der Waals surface area contributed by atoms with Crippen LogP contribution in [0, 0.1) is 6.57 Å². The highest BCUT2D eigenvalue weighted by Gasteiger charge is 1.98. The van der Waals surface area contributed by atoms with Gasteiger partial charge in [-0.15, -0.1) is 0 Å². The van der Waals surface area contributed by atoms with E-state index in [1.165, 1.54) is 0 Å². The third kappa shape index (κ3) is 1.42. The van der Waals surface area contributed by atoms with Gasteiger partial charge in [-0.2, -0.15) is 0 Å². The van der Waals surface area contributed by atoms with E-state index in [0.717, 1.165) is 11.4 Å². The molecule has 1 heterocycles. The van der Waals surface area contributed by atoms with Crippen LogP contribution >= 0.6 is 0 Å². The molecule has 1 aromatic heterocycles. The van der Waals surface area contributed by atoms with Crippen molar-refractivity contribution in [2.75, 3.05) is 0 Å². The summed E-state index contributed by atoms with van der Waals surface area (Å²) in [5.74, 6) is 0.830. The smallest absolute Gasteiger partial charge is 0.187 e. The first-order chi connectivity index (χ1) is 6.40. The van der Waals surface area contributed by atoms with E-state index in [4.69, 9.17) is 6.57 Å². The lowest BCUT2D eigenvalue weighted by atomic mass is 10.2. The predicted molar refractivity (Wildman–Crippen MR) is 50.3 cm³/mol. The Morgan fingerprint density at radius 2 is 2.00 bits per heavy atom. The van der Waals surface area contributed by atoms with Crippen LogP contribution in [0.2, 0.25) is 0 Å². The van der Waals surface area contributed by atoms with Crippen LogP contribution in [0.5, 0.6) is 0 Å². The normalized spacial score (nSPS) is 9.46. The summed E-state index contributed by atoms with van der Waals surface area (Å²) in [6.45, 7) is 6.79. The van der Waals surface area contributed by atoms with Crippen molar-refractivity contribution in [1.82, 2.24) is 9.97 Å². The zero-order valence-corrected chi connectivity index (χ0v) is 6.86. The van der Waals surface area contributed by atoms with Crippen LogP contribution in [0.1, 0.15) is 0 Å². The molecule has 3 nitrogen and oxygen atoms in total. The summed E-state index contributed by atoms with van der Waals surface area (Å²) in [7, 11) is 0. The molecule has 0 aliphatic rings. The van der Waals surface area contributed by atoms with Crippen LogP contribution in [-0.2, 0) is 0 Å². The zero-order chi connectivity index (χ0) is 9.10. The molecule has 0 fully saturated rings. The van der Waals surface area contributed by atoms with Crippen molar-refractivity contribution < 1.29 is 0 Å². The second-order valence-electron chi connectivity index (χ2n) is 2.60. The zero-order valence-electron chi connectivity index (χ0n) is 6.86. The second-order valence-corrected chi connectivity index (χ2v) is 2.60. The first-order valence-corrected chi connectivity index (χ1v) is 3.87. The van der Waals surface area contributed by atoms with Crippen molar-refractivity contribution in [2.24, 2.45) is 0 Å². The van der Waals surface area contributed by atoms with Crippen LogP contribution in [0.25, 0.3) is 16.2 Å². The molecule has 0 atom stereocenters. The van der Waals surface area contributed by atoms with E-state index >= 15 is 0 Å². The quantitative estimate of drug-likeness (QED) is 0.654. The Hall–Kier alpha value is -2.08. The first kappa shape index (κ1) is 7.56. The molecular weight excluding hydrogens is 162 g/mol. The van der Waals surface area contributed by atoms with Gasteiger partial charge in [0.25, 0.3) is 0 Å². The SMILES string of the molecule is [C-]#[N+]c1ccc(-c2ncc[nH]2)cc1. The minimum Gasteiger partial charge on any atom is -0.345 e. The van der Waals surface area contributed by atoms with E-state index in [1.54, 1.807) is 24.5 Å². The maximum Gasteiger partial charge on any atom is 0.187 e. The van der Waals surface area contributed by atoms with Crippen LogP contribution in [0.15, 0.2) is 36.7 Å². The van der Waals surface area contributed by atoms with Crippen molar-refractivity contribution in [3.05, 3.63) is 48.1 Å². The minimum absolute atomic E-state index is 0.648. The molecule has 3 heteroatoms. The van der Waals surface area contributed by atoms with Crippen molar-refractivity contribution in [3.8, 4) is 11.4 Å². The Morgan fingerprint density at radius 1 is 1.23 bits per heavy atom. The van der Waals surface area contributed by atoms with Crippen LogP contribution in [-0.4, -0.2) is 9.97 Å². The van der Waals surface area contributed by atoms with E-state index < -0.39 is 0 Å². The lowest BCUT2D eigenvalue weighted by Crippen LogP contribution is -1.77. The number of rotatable bonds is 1. The largest absolute Gasteiger partial charge is 0.345 e. The molecule has 0 amide bonds. The molecule has 62 valence electrons. The van der Waals surface area contributed by atoms with Crippen LogP contribution in [0.4, 0.5) is 5.69 Å². The fraction of sp³-hybridized carbons (Fsp3) is 0. The molecule has 2 aromatic rings.